The second-order valence-corrected chi connectivity index (χ2v) is 5.73. The van der Waals surface area contributed by atoms with Gasteiger partial charge in [-0.15, -0.1) is 0 Å². The Morgan fingerprint density at radius 3 is 1.95 bits per heavy atom. The number of ketones is 1. The molecule has 0 N–H and O–H groups in total. The Kier molecular flexibility index (Phi) is 13.3. The Bertz CT molecular complexity index is 349. The fourth-order valence-corrected chi connectivity index (χ4v) is 1.18. The minimum Gasteiger partial charge on any atom is -0.497 e. The summed E-state index contributed by atoms with van der Waals surface area (Å²) in [5.41, 5.74) is 1.36. The van der Waals surface area contributed by atoms with Crippen LogP contribution < -0.4 is 4.74 Å². The Morgan fingerprint density at radius 2 is 1.60 bits per heavy atom. The van der Waals surface area contributed by atoms with Crippen LogP contribution in [0.3, 0.4) is 0 Å². The van der Waals surface area contributed by atoms with E-state index >= 15 is 0 Å². The summed E-state index contributed by atoms with van der Waals surface area (Å²) in [6.07, 6.45) is 1.17. The molecule has 0 amide bonds. The first-order valence-electron chi connectivity index (χ1n) is 7.35. The highest BCUT2D eigenvalue weighted by Crippen LogP contribution is 2.22. The minimum absolute atomic E-state index is 0.167. The van der Waals surface area contributed by atoms with Crippen LogP contribution in [0.15, 0.2) is 24.3 Å². The van der Waals surface area contributed by atoms with Gasteiger partial charge in [0.25, 0.3) is 0 Å². The lowest BCUT2D eigenvalue weighted by Crippen LogP contribution is -1.91. The number of carbonyl (C=O) groups excluding carboxylic acids is 1. The quantitative estimate of drug-likeness (QED) is 0.734. The third kappa shape index (κ3) is 14.7. The lowest BCUT2D eigenvalue weighted by Gasteiger charge is -2.09. The molecule has 0 radical (unpaired) electrons. The van der Waals surface area contributed by atoms with Gasteiger partial charge in [-0.2, -0.15) is 0 Å². The van der Waals surface area contributed by atoms with Crippen LogP contribution in [-0.4, -0.2) is 12.9 Å². The van der Waals surface area contributed by atoms with Crippen LogP contribution in [0.25, 0.3) is 0 Å². The summed E-state index contributed by atoms with van der Waals surface area (Å²) in [5, 5.41) is 0. The molecular formula is C18H32O2. The monoisotopic (exact) mass is 280 g/mol. The zero-order valence-corrected chi connectivity index (χ0v) is 14.5. The third-order valence-corrected chi connectivity index (χ3v) is 2.28. The Balaban J connectivity index is 0. The van der Waals surface area contributed by atoms with Crippen molar-refractivity contribution < 1.29 is 9.53 Å². The molecule has 0 aliphatic carbocycles. The summed E-state index contributed by atoms with van der Waals surface area (Å²) in [4.78, 5) is 9.44. The fourth-order valence-electron chi connectivity index (χ4n) is 1.18. The maximum atomic E-state index is 9.44. The number of benzene rings is 1. The van der Waals surface area contributed by atoms with E-state index in [0.717, 1.165) is 11.7 Å². The molecule has 0 saturated carbocycles. The van der Waals surface area contributed by atoms with Gasteiger partial charge in [-0.3, -0.25) is 0 Å². The Hall–Kier alpha value is -1.31. The van der Waals surface area contributed by atoms with Gasteiger partial charge in [0.05, 0.1) is 7.11 Å². The van der Waals surface area contributed by atoms with Crippen molar-refractivity contribution in [2.75, 3.05) is 7.11 Å². The molecule has 0 bridgehead atoms. The van der Waals surface area contributed by atoms with Crippen LogP contribution in [-0.2, 0) is 4.79 Å². The molecule has 1 aromatic rings. The van der Waals surface area contributed by atoms with Crippen molar-refractivity contribution in [1.82, 2.24) is 0 Å². The van der Waals surface area contributed by atoms with E-state index in [2.05, 4.69) is 46.8 Å². The van der Waals surface area contributed by atoms with Crippen LogP contribution in [0.1, 0.15) is 66.4 Å². The van der Waals surface area contributed by atoms with Crippen molar-refractivity contribution in [2.45, 2.75) is 60.8 Å². The van der Waals surface area contributed by atoms with E-state index in [1.807, 2.05) is 12.1 Å². The standard InChI is InChI=1S/C11H16O.C4H10.C3H6O/c1-4-9(2)10-6-5-7-11(8-10)12-3;1-4(2)3;1-3(2)4/h5-9H,4H2,1-3H3;4H,1-3H3;1-2H3. The van der Waals surface area contributed by atoms with E-state index in [0.29, 0.717) is 5.92 Å². The number of hydrogen-bond acceptors (Lipinski definition) is 2. The van der Waals surface area contributed by atoms with Crippen molar-refractivity contribution in [3.63, 3.8) is 0 Å². The molecule has 116 valence electrons. The molecule has 2 nitrogen and oxygen atoms in total. The molecule has 1 aromatic carbocycles. The van der Waals surface area contributed by atoms with Crippen molar-refractivity contribution in [2.24, 2.45) is 5.92 Å². The molecule has 0 aliphatic heterocycles. The highest BCUT2D eigenvalue weighted by molar-refractivity contribution is 5.72. The topological polar surface area (TPSA) is 26.3 Å². The van der Waals surface area contributed by atoms with Gasteiger partial charge in [0.15, 0.2) is 0 Å². The maximum absolute atomic E-state index is 9.44. The second-order valence-electron chi connectivity index (χ2n) is 5.73. The van der Waals surface area contributed by atoms with Crippen molar-refractivity contribution in [1.29, 1.82) is 0 Å². The zero-order chi connectivity index (χ0) is 16.1. The van der Waals surface area contributed by atoms with E-state index in [4.69, 9.17) is 4.74 Å². The number of carbonyl (C=O) groups is 1. The molecule has 0 saturated heterocycles. The average Bonchev–Trinajstić information content (AvgIpc) is 2.36. The normalized spacial score (nSPS) is 10.7. The zero-order valence-electron chi connectivity index (χ0n) is 14.5. The van der Waals surface area contributed by atoms with Gasteiger partial charge >= 0.3 is 0 Å². The lowest BCUT2D eigenvalue weighted by molar-refractivity contribution is -0.114. The van der Waals surface area contributed by atoms with E-state index in [-0.39, 0.29) is 5.78 Å². The summed E-state index contributed by atoms with van der Waals surface area (Å²) in [5.74, 6) is 2.58. The summed E-state index contributed by atoms with van der Waals surface area (Å²) < 4.78 is 5.15. The Labute approximate surface area is 125 Å². The molecule has 2 heteroatoms. The number of methoxy groups -OCH3 is 1. The first-order chi connectivity index (χ1) is 9.24. The summed E-state index contributed by atoms with van der Waals surface area (Å²) >= 11 is 0. The summed E-state index contributed by atoms with van der Waals surface area (Å²) in [6.45, 7) is 14.0. The first-order valence-corrected chi connectivity index (χ1v) is 7.35. The Morgan fingerprint density at radius 1 is 1.15 bits per heavy atom. The number of ether oxygens (including phenoxy) is 1. The van der Waals surface area contributed by atoms with Crippen molar-refractivity contribution in [3.8, 4) is 5.75 Å². The third-order valence-electron chi connectivity index (χ3n) is 2.28. The van der Waals surface area contributed by atoms with E-state index in [1.54, 1.807) is 7.11 Å². The average molecular weight is 280 g/mol. The van der Waals surface area contributed by atoms with Gasteiger partial charge in [0, 0.05) is 0 Å². The predicted molar refractivity (Wildman–Crippen MR) is 88.6 cm³/mol. The van der Waals surface area contributed by atoms with Gasteiger partial charge in [0.1, 0.15) is 11.5 Å². The van der Waals surface area contributed by atoms with Crippen LogP contribution in [0, 0.1) is 5.92 Å². The van der Waals surface area contributed by atoms with Gasteiger partial charge in [-0.25, -0.2) is 0 Å². The number of hydrogen-bond donors (Lipinski definition) is 0. The SMILES string of the molecule is CC(C)=O.CC(C)C.CCC(C)c1cccc(OC)c1. The molecule has 0 fully saturated rings. The highest BCUT2D eigenvalue weighted by Gasteiger charge is 2.02. The van der Waals surface area contributed by atoms with Gasteiger partial charge in [0.2, 0.25) is 0 Å². The smallest absolute Gasteiger partial charge is 0.126 e. The lowest BCUT2D eigenvalue weighted by atomic mass is 9.99. The summed E-state index contributed by atoms with van der Waals surface area (Å²) in [6, 6.07) is 8.27. The molecule has 0 heterocycles. The summed E-state index contributed by atoms with van der Waals surface area (Å²) in [7, 11) is 1.70. The molecule has 0 aromatic heterocycles. The molecular weight excluding hydrogens is 248 g/mol. The fraction of sp³-hybridized carbons (Fsp3) is 0.611. The molecule has 0 aliphatic rings. The molecule has 1 atom stereocenters. The molecule has 1 unspecified atom stereocenters. The van der Waals surface area contributed by atoms with E-state index < -0.39 is 0 Å². The van der Waals surface area contributed by atoms with Gasteiger partial charge in [-0.1, -0.05) is 46.8 Å². The van der Waals surface area contributed by atoms with Gasteiger partial charge in [-0.05, 0) is 49.8 Å². The first kappa shape index (κ1) is 21.0. The largest absolute Gasteiger partial charge is 0.497 e. The van der Waals surface area contributed by atoms with E-state index in [1.165, 1.54) is 25.8 Å². The molecule has 20 heavy (non-hydrogen) atoms. The molecule has 1 rings (SSSR count). The number of Topliss-reactive ketones (excluding diaryl/α,β-unsaturated/α-hetero) is 1. The van der Waals surface area contributed by atoms with Crippen molar-refractivity contribution in [3.05, 3.63) is 29.8 Å². The van der Waals surface area contributed by atoms with Gasteiger partial charge < -0.3 is 9.53 Å². The van der Waals surface area contributed by atoms with Crippen LogP contribution in [0.4, 0.5) is 0 Å². The maximum Gasteiger partial charge on any atom is 0.126 e. The van der Waals surface area contributed by atoms with E-state index in [9.17, 15) is 4.79 Å². The molecule has 0 spiro atoms. The van der Waals surface area contributed by atoms with Crippen LogP contribution in [0.5, 0.6) is 5.75 Å². The second kappa shape index (κ2) is 12.7. The van der Waals surface area contributed by atoms with Crippen molar-refractivity contribution >= 4 is 5.78 Å². The van der Waals surface area contributed by atoms with Crippen LogP contribution in [0.2, 0.25) is 0 Å². The minimum atomic E-state index is 0.167. The number of rotatable bonds is 3. The predicted octanol–water partition coefficient (Wildman–Crippen LogP) is 5.47. The van der Waals surface area contributed by atoms with Crippen LogP contribution >= 0.6 is 0 Å². The highest BCUT2D eigenvalue weighted by atomic mass is 16.5.